The van der Waals surface area contributed by atoms with Gasteiger partial charge in [-0.15, -0.1) is 0 Å². The topological polar surface area (TPSA) is 77.1 Å². The zero-order valence-corrected chi connectivity index (χ0v) is 19.5. The van der Waals surface area contributed by atoms with Crippen molar-refractivity contribution in [1.29, 1.82) is 0 Å². The first-order valence-corrected chi connectivity index (χ1v) is 12.0. The second-order valence-corrected chi connectivity index (χ2v) is 9.50. The molecule has 1 fully saturated rings. The second-order valence-electron chi connectivity index (χ2n) is 9.50. The quantitative estimate of drug-likeness (QED) is 0.491. The van der Waals surface area contributed by atoms with Crippen molar-refractivity contribution >= 4 is 5.97 Å². The minimum absolute atomic E-state index is 0.0130. The minimum Gasteiger partial charge on any atom is -0.478 e. The molecule has 1 aromatic heterocycles. The van der Waals surface area contributed by atoms with E-state index in [2.05, 4.69) is 13.8 Å². The first-order chi connectivity index (χ1) is 15.9. The fourth-order valence-electron chi connectivity index (χ4n) is 4.67. The number of hydrogen-bond acceptors (Lipinski definition) is 3. The summed E-state index contributed by atoms with van der Waals surface area (Å²) in [6.07, 6.45) is 7.39. The van der Waals surface area contributed by atoms with E-state index in [9.17, 15) is 14.7 Å². The molecule has 3 aromatic rings. The summed E-state index contributed by atoms with van der Waals surface area (Å²) >= 11 is 0. The Labute approximate surface area is 194 Å². The van der Waals surface area contributed by atoms with E-state index in [4.69, 9.17) is 5.10 Å². The molecular formula is C27H33N3O3. The third kappa shape index (κ3) is 5.27. The number of carbonyl (C=O) groups is 1. The lowest BCUT2D eigenvalue weighted by Gasteiger charge is -2.20. The molecule has 0 radical (unpaired) electrons. The van der Waals surface area contributed by atoms with Gasteiger partial charge in [-0.05, 0) is 47.9 Å². The van der Waals surface area contributed by atoms with Crippen LogP contribution in [0.4, 0.5) is 0 Å². The molecule has 1 N–H and O–H groups in total. The standard InChI is InChI=1S/C27H33N3O3/c1-19(2)12-17-25-28-30(22-8-4-3-5-9-22)27(33)29(25)18-20-13-15-21(16-14-20)23-10-6-7-11-24(23)26(31)32/h6-7,10-11,13-16,19,22H,3-5,8-9,12,17-18H2,1-2H3,(H,31,32). The highest BCUT2D eigenvalue weighted by atomic mass is 16.4. The van der Waals surface area contributed by atoms with Crippen LogP contribution in [0.15, 0.2) is 53.3 Å². The molecule has 4 rings (SSSR count). The fourth-order valence-corrected chi connectivity index (χ4v) is 4.67. The normalized spacial score (nSPS) is 14.6. The van der Waals surface area contributed by atoms with Crippen molar-refractivity contribution in [3.05, 3.63) is 76.0 Å². The molecule has 33 heavy (non-hydrogen) atoms. The van der Waals surface area contributed by atoms with Crippen LogP contribution in [0.1, 0.15) is 80.2 Å². The van der Waals surface area contributed by atoms with Crippen molar-refractivity contribution in [1.82, 2.24) is 14.3 Å². The van der Waals surface area contributed by atoms with E-state index in [0.717, 1.165) is 55.5 Å². The highest BCUT2D eigenvalue weighted by molar-refractivity contribution is 5.95. The molecule has 0 atom stereocenters. The molecule has 0 amide bonds. The van der Waals surface area contributed by atoms with Gasteiger partial charge in [0.1, 0.15) is 5.82 Å². The van der Waals surface area contributed by atoms with Crippen LogP contribution in [0.3, 0.4) is 0 Å². The van der Waals surface area contributed by atoms with E-state index in [1.165, 1.54) is 6.42 Å². The Morgan fingerprint density at radius 3 is 2.42 bits per heavy atom. The van der Waals surface area contributed by atoms with E-state index in [1.807, 2.05) is 41.0 Å². The van der Waals surface area contributed by atoms with E-state index >= 15 is 0 Å². The summed E-state index contributed by atoms with van der Waals surface area (Å²) in [5.41, 5.74) is 2.81. The molecule has 6 heteroatoms. The molecule has 1 heterocycles. The Hall–Kier alpha value is -3.15. The van der Waals surface area contributed by atoms with Gasteiger partial charge in [-0.3, -0.25) is 4.57 Å². The second kappa shape index (κ2) is 10.2. The van der Waals surface area contributed by atoms with Gasteiger partial charge in [-0.25, -0.2) is 14.3 Å². The van der Waals surface area contributed by atoms with Gasteiger partial charge in [0.05, 0.1) is 18.2 Å². The maximum atomic E-state index is 13.3. The minimum atomic E-state index is -0.939. The number of benzene rings is 2. The molecule has 6 nitrogen and oxygen atoms in total. The first kappa shape index (κ1) is 23.0. The predicted molar refractivity (Wildman–Crippen MR) is 130 cm³/mol. The summed E-state index contributed by atoms with van der Waals surface area (Å²) in [7, 11) is 0. The lowest BCUT2D eigenvalue weighted by molar-refractivity contribution is 0.0697. The van der Waals surface area contributed by atoms with Crippen LogP contribution in [0, 0.1) is 5.92 Å². The number of aromatic nitrogens is 3. The van der Waals surface area contributed by atoms with Crippen molar-refractivity contribution in [3.63, 3.8) is 0 Å². The van der Waals surface area contributed by atoms with Gasteiger partial charge < -0.3 is 5.11 Å². The monoisotopic (exact) mass is 447 g/mol. The van der Waals surface area contributed by atoms with Gasteiger partial charge in [-0.1, -0.05) is 75.6 Å². The molecule has 1 aliphatic rings. The van der Waals surface area contributed by atoms with Gasteiger partial charge in [0.15, 0.2) is 0 Å². The number of aromatic carboxylic acids is 1. The van der Waals surface area contributed by atoms with E-state index in [-0.39, 0.29) is 17.3 Å². The number of carboxylic acid groups (broad SMARTS) is 1. The summed E-state index contributed by atoms with van der Waals surface area (Å²) in [6, 6.07) is 15.0. The number of hydrogen-bond donors (Lipinski definition) is 1. The van der Waals surface area contributed by atoms with Crippen molar-refractivity contribution in [3.8, 4) is 11.1 Å². The number of carboxylic acids is 1. The van der Waals surface area contributed by atoms with Crippen molar-refractivity contribution in [2.75, 3.05) is 0 Å². The van der Waals surface area contributed by atoms with E-state index in [1.54, 1.807) is 16.8 Å². The van der Waals surface area contributed by atoms with Crippen LogP contribution in [-0.4, -0.2) is 25.4 Å². The van der Waals surface area contributed by atoms with Crippen LogP contribution >= 0.6 is 0 Å². The third-order valence-electron chi connectivity index (χ3n) is 6.59. The smallest absolute Gasteiger partial charge is 0.346 e. The van der Waals surface area contributed by atoms with Gasteiger partial charge in [0.2, 0.25) is 0 Å². The maximum Gasteiger partial charge on any atom is 0.346 e. The molecule has 0 saturated heterocycles. The Balaban J connectivity index is 1.62. The summed E-state index contributed by atoms with van der Waals surface area (Å²) in [4.78, 5) is 24.9. The summed E-state index contributed by atoms with van der Waals surface area (Å²) in [6.45, 7) is 4.85. The Morgan fingerprint density at radius 1 is 1.06 bits per heavy atom. The summed E-state index contributed by atoms with van der Waals surface area (Å²) < 4.78 is 3.57. The third-order valence-corrected chi connectivity index (χ3v) is 6.59. The highest BCUT2D eigenvalue weighted by Crippen LogP contribution is 2.27. The van der Waals surface area contributed by atoms with Crippen molar-refractivity contribution in [2.24, 2.45) is 5.92 Å². The first-order valence-electron chi connectivity index (χ1n) is 12.0. The molecule has 0 unspecified atom stereocenters. The Bertz CT molecular complexity index is 1150. The van der Waals surface area contributed by atoms with Crippen LogP contribution in [0.25, 0.3) is 11.1 Å². The van der Waals surface area contributed by atoms with E-state index in [0.29, 0.717) is 18.0 Å². The average molecular weight is 448 g/mol. The molecule has 0 aliphatic heterocycles. The van der Waals surface area contributed by atoms with Gasteiger partial charge in [0.25, 0.3) is 0 Å². The zero-order chi connectivity index (χ0) is 23.4. The maximum absolute atomic E-state index is 13.3. The van der Waals surface area contributed by atoms with E-state index < -0.39 is 5.97 Å². The van der Waals surface area contributed by atoms with Crippen LogP contribution in [0.2, 0.25) is 0 Å². The molecule has 2 aromatic carbocycles. The van der Waals surface area contributed by atoms with Crippen LogP contribution in [0.5, 0.6) is 0 Å². The highest BCUT2D eigenvalue weighted by Gasteiger charge is 2.22. The van der Waals surface area contributed by atoms with Gasteiger partial charge in [0, 0.05) is 6.42 Å². The van der Waals surface area contributed by atoms with Gasteiger partial charge in [-0.2, -0.15) is 5.10 Å². The summed E-state index contributed by atoms with van der Waals surface area (Å²) in [5, 5.41) is 14.3. The van der Waals surface area contributed by atoms with Crippen molar-refractivity contribution < 1.29 is 9.90 Å². The Kier molecular flexibility index (Phi) is 7.11. The molecular weight excluding hydrogens is 414 g/mol. The molecule has 0 bridgehead atoms. The lowest BCUT2D eigenvalue weighted by atomic mass is 9.96. The van der Waals surface area contributed by atoms with Crippen LogP contribution < -0.4 is 5.69 Å². The predicted octanol–water partition coefficient (Wildman–Crippen LogP) is 5.55. The molecule has 1 aliphatic carbocycles. The SMILES string of the molecule is CC(C)CCc1nn(C2CCCCC2)c(=O)n1Cc1ccc(-c2ccccc2C(=O)O)cc1. The number of nitrogens with zero attached hydrogens (tertiary/aromatic N) is 3. The zero-order valence-electron chi connectivity index (χ0n) is 19.5. The summed E-state index contributed by atoms with van der Waals surface area (Å²) in [5.74, 6) is 0.465. The number of rotatable bonds is 8. The van der Waals surface area contributed by atoms with Gasteiger partial charge >= 0.3 is 11.7 Å². The Morgan fingerprint density at radius 2 is 1.76 bits per heavy atom. The average Bonchev–Trinajstić information content (AvgIpc) is 3.14. The largest absolute Gasteiger partial charge is 0.478 e. The van der Waals surface area contributed by atoms with Crippen molar-refractivity contribution in [2.45, 2.75) is 71.4 Å². The lowest BCUT2D eigenvalue weighted by Crippen LogP contribution is -2.30. The van der Waals surface area contributed by atoms with Crippen LogP contribution in [-0.2, 0) is 13.0 Å². The molecule has 1 saturated carbocycles. The fraction of sp³-hybridized carbons (Fsp3) is 0.444. The molecule has 174 valence electrons. The molecule has 0 spiro atoms. The number of aryl methyl sites for hydroxylation is 1.